The fourth-order valence-electron chi connectivity index (χ4n) is 3.78. The summed E-state index contributed by atoms with van der Waals surface area (Å²) in [5.74, 6) is -0.353. The van der Waals surface area contributed by atoms with E-state index < -0.39 is 0 Å². The van der Waals surface area contributed by atoms with Crippen molar-refractivity contribution < 1.29 is 9.59 Å². The van der Waals surface area contributed by atoms with Crippen molar-refractivity contribution in [1.82, 2.24) is 9.47 Å². The lowest BCUT2D eigenvalue weighted by Gasteiger charge is -2.30. The number of amides is 2. The Kier molecular flexibility index (Phi) is 4.67. The van der Waals surface area contributed by atoms with Crippen LogP contribution in [-0.4, -0.2) is 34.4 Å². The third-order valence-corrected chi connectivity index (χ3v) is 5.40. The second-order valence-electron chi connectivity index (χ2n) is 7.17. The van der Waals surface area contributed by atoms with Crippen LogP contribution < -0.4 is 5.73 Å². The molecule has 0 unspecified atom stereocenters. The van der Waals surface area contributed by atoms with Crippen LogP contribution in [0.1, 0.15) is 28.8 Å². The highest BCUT2D eigenvalue weighted by Crippen LogP contribution is 2.22. The summed E-state index contributed by atoms with van der Waals surface area (Å²) in [7, 11) is 0. The fourth-order valence-corrected chi connectivity index (χ4v) is 3.78. The highest BCUT2D eigenvalue weighted by Gasteiger charge is 2.26. The molecular formula is C22H23N3O2. The van der Waals surface area contributed by atoms with Crippen LogP contribution in [0.5, 0.6) is 0 Å². The largest absolute Gasteiger partial charge is 0.369 e. The van der Waals surface area contributed by atoms with Crippen molar-refractivity contribution in [3.05, 3.63) is 71.9 Å². The number of hydrogen-bond donors (Lipinski definition) is 1. The first-order valence-corrected chi connectivity index (χ1v) is 9.33. The Labute approximate surface area is 158 Å². The van der Waals surface area contributed by atoms with E-state index in [9.17, 15) is 9.59 Å². The molecule has 2 heterocycles. The number of rotatable bonds is 4. The highest BCUT2D eigenvalue weighted by atomic mass is 16.2. The van der Waals surface area contributed by atoms with Gasteiger partial charge in [0.25, 0.3) is 5.91 Å². The molecule has 1 aliphatic rings. The van der Waals surface area contributed by atoms with Gasteiger partial charge in [-0.25, -0.2) is 0 Å². The molecule has 1 saturated heterocycles. The van der Waals surface area contributed by atoms with Gasteiger partial charge in [-0.15, -0.1) is 0 Å². The number of nitrogens with zero attached hydrogens (tertiary/aromatic N) is 2. The lowest BCUT2D eigenvalue weighted by molar-refractivity contribution is -0.123. The first-order chi connectivity index (χ1) is 13.1. The number of hydrogen-bond acceptors (Lipinski definition) is 2. The smallest absolute Gasteiger partial charge is 0.253 e. The molecule has 1 aromatic heterocycles. The van der Waals surface area contributed by atoms with Crippen LogP contribution in [0.4, 0.5) is 0 Å². The molecule has 5 nitrogen and oxygen atoms in total. The maximum atomic E-state index is 12.9. The molecule has 1 aliphatic heterocycles. The fraction of sp³-hybridized carbons (Fsp3) is 0.273. The van der Waals surface area contributed by atoms with Gasteiger partial charge in [0.1, 0.15) is 0 Å². The molecule has 0 atom stereocenters. The van der Waals surface area contributed by atoms with Gasteiger partial charge in [0, 0.05) is 42.8 Å². The molecule has 0 aliphatic carbocycles. The van der Waals surface area contributed by atoms with Gasteiger partial charge in [-0.3, -0.25) is 9.59 Å². The van der Waals surface area contributed by atoms with Crippen molar-refractivity contribution in [2.24, 2.45) is 11.7 Å². The molecule has 0 radical (unpaired) electrons. The van der Waals surface area contributed by atoms with E-state index in [1.807, 2.05) is 41.3 Å². The Morgan fingerprint density at radius 3 is 2.44 bits per heavy atom. The van der Waals surface area contributed by atoms with Crippen LogP contribution in [-0.2, 0) is 11.3 Å². The van der Waals surface area contributed by atoms with E-state index in [2.05, 4.69) is 29.0 Å². The Morgan fingerprint density at radius 2 is 1.74 bits per heavy atom. The first-order valence-electron chi connectivity index (χ1n) is 9.33. The van der Waals surface area contributed by atoms with Gasteiger partial charge >= 0.3 is 0 Å². The summed E-state index contributed by atoms with van der Waals surface area (Å²) < 4.78 is 2.17. The van der Waals surface area contributed by atoms with Crippen molar-refractivity contribution in [3.63, 3.8) is 0 Å². The van der Waals surface area contributed by atoms with Gasteiger partial charge in [-0.2, -0.15) is 0 Å². The lowest BCUT2D eigenvalue weighted by atomic mass is 9.96. The lowest BCUT2D eigenvalue weighted by Crippen LogP contribution is -2.41. The van der Waals surface area contributed by atoms with Gasteiger partial charge in [0.2, 0.25) is 5.91 Å². The van der Waals surface area contributed by atoms with Crippen LogP contribution in [0.15, 0.2) is 60.8 Å². The zero-order valence-corrected chi connectivity index (χ0v) is 15.2. The normalized spacial score (nSPS) is 15.2. The minimum absolute atomic E-state index is 0.0206. The second kappa shape index (κ2) is 7.27. The van der Waals surface area contributed by atoms with Crippen LogP contribution in [0.2, 0.25) is 0 Å². The summed E-state index contributed by atoms with van der Waals surface area (Å²) in [5, 5.41) is 1.12. The molecule has 0 bridgehead atoms. The Morgan fingerprint density at radius 1 is 1.00 bits per heavy atom. The summed E-state index contributed by atoms with van der Waals surface area (Å²) >= 11 is 0. The predicted molar refractivity (Wildman–Crippen MR) is 105 cm³/mol. The third kappa shape index (κ3) is 3.58. The number of carbonyl (C=O) groups is 2. The van der Waals surface area contributed by atoms with Crippen molar-refractivity contribution in [1.29, 1.82) is 0 Å². The third-order valence-electron chi connectivity index (χ3n) is 5.40. The average molecular weight is 361 g/mol. The number of carbonyl (C=O) groups excluding carboxylic acids is 2. The van der Waals surface area contributed by atoms with Crippen LogP contribution in [0.3, 0.4) is 0 Å². The maximum Gasteiger partial charge on any atom is 0.253 e. The second-order valence-corrected chi connectivity index (χ2v) is 7.17. The van der Waals surface area contributed by atoms with Gasteiger partial charge in [-0.1, -0.05) is 36.4 Å². The molecule has 4 rings (SSSR count). The zero-order chi connectivity index (χ0) is 18.8. The Hall–Kier alpha value is -3.08. The Bertz CT molecular complexity index is 970. The number of fused-ring (bicyclic) bond motifs is 1. The standard InChI is InChI=1S/C22H23N3O2/c23-21(26)18-9-11-24(12-10-18)22(27)19-7-6-17-8-13-25(20(17)14-19)15-16-4-2-1-3-5-16/h1-8,13-14,18H,9-12,15H2,(H2,23,26). The molecule has 2 amide bonds. The molecule has 138 valence electrons. The van der Waals surface area contributed by atoms with E-state index in [-0.39, 0.29) is 17.7 Å². The topological polar surface area (TPSA) is 68.3 Å². The number of aromatic nitrogens is 1. The molecule has 5 heteroatoms. The molecule has 2 aromatic carbocycles. The zero-order valence-electron chi connectivity index (χ0n) is 15.2. The van der Waals surface area contributed by atoms with Crippen molar-refractivity contribution in [3.8, 4) is 0 Å². The molecule has 3 aromatic rings. The number of likely N-dealkylation sites (tertiary alicyclic amines) is 1. The van der Waals surface area contributed by atoms with Crippen molar-refractivity contribution >= 4 is 22.7 Å². The minimum Gasteiger partial charge on any atom is -0.369 e. The van der Waals surface area contributed by atoms with Crippen molar-refractivity contribution in [2.45, 2.75) is 19.4 Å². The quantitative estimate of drug-likeness (QED) is 0.776. The van der Waals surface area contributed by atoms with Gasteiger partial charge < -0.3 is 15.2 Å². The van der Waals surface area contributed by atoms with Crippen LogP contribution in [0, 0.1) is 5.92 Å². The molecule has 0 saturated carbocycles. The van der Waals surface area contributed by atoms with E-state index in [0.29, 0.717) is 31.5 Å². The number of piperidine rings is 1. The summed E-state index contributed by atoms with van der Waals surface area (Å²) in [6.07, 6.45) is 3.35. The van der Waals surface area contributed by atoms with E-state index >= 15 is 0 Å². The number of benzene rings is 2. The molecular weight excluding hydrogens is 338 g/mol. The maximum absolute atomic E-state index is 12.9. The monoisotopic (exact) mass is 361 g/mol. The van der Waals surface area contributed by atoms with Crippen LogP contribution >= 0.6 is 0 Å². The van der Waals surface area contributed by atoms with E-state index in [4.69, 9.17) is 5.73 Å². The predicted octanol–water partition coefficient (Wildman–Crippen LogP) is 3.03. The molecule has 2 N–H and O–H groups in total. The molecule has 27 heavy (non-hydrogen) atoms. The minimum atomic E-state index is -0.262. The van der Waals surface area contributed by atoms with Gasteiger partial charge in [0.15, 0.2) is 0 Å². The van der Waals surface area contributed by atoms with Crippen LogP contribution in [0.25, 0.3) is 10.9 Å². The number of primary amides is 1. The summed E-state index contributed by atoms with van der Waals surface area (Å²) in [6, 6.07) is 18.2. The number of nitrogens with two attached hydrogens (primary N) is 1. The SMILES string of the molecule is NC(=O)C1CCN(C(=O)c2ccc3ccn(Cc4ccccc4)c3c2)CC1. The summed E-state index contributed by atoms with van der Waals surface area (Å²) in [6.45, 7) is 1.93. The average Bonchev–Trinajstić information content (AvgIpc) is 3.10. The molecule has 0 spiro atoms. The van der Waals surface area contributed by atoms with E-state index in [1.54, 1.807) is 0 Å². The first kappa shape index (κ1) is 17.3. The Balaban J connectivity index is 1.55. The van der Waals surface area contributed by atoms with E-state index in [0.717, 1.165) is 17.4 Å². The summed E-state index contributed by atoms with van der Waals surface area (Å²) in [4.78, 5) is 26.1. The van der Waals surface area contributed by atoms with Gasteiger partial charge in [-0.05, 0) is 42.0 Å². The van der Waals surface area contributed by atoms with Crippen molar-refractivity contribution in [2.75, 3.05) is 13.1 Å². The van der Waals surface area contributed by atoms with Gasteiger partial charge in [0.05, 0.1) is 0 Å². The highest BCUT2D eigenvalue weighted by molar-refractivity contribution is 5.98. The molecule has 1 fully saturated rings. The van der Waals surface area contributed by atoms with E-state index in [1.165, 1.54) is 5.56 Å². The summed E-state index contributed by atoms with van der Waals surface area (Å²) in [5.41, 5.74) is 8.35.